The van der Waals surface area contributed by atoms with Crippen molar-refractivity contribution in [3.8, 4) is 0 Å². The summed E-state index contributed by atoms with van der Waals surface area (Å²) >= 11 is 0. The van der Waals surface area contributed by atoms with Crippen molar-refractivity contribution in [1.29, 1.82) is 0 Å². The molecule has 0 saturated carbocycles. The van der Waals surface area contributed by atoms with Gasteiger partial charge in [0, 0.05) is 0 Å². The summed E-state index contributed by atoms with van der Waals surface area (Å²) in [6, 6.07) is 0. The van der Waals surface area contributed by atoms with Crippen LogP contribution in [0.5, 0.6) is 0 Å². The van der Waals surface area contributed by atoms with Gasteiger partial charge in [-0.2, -0.15) is 0 Å². The Bertz CT molecular complexity index is 267. The zero-order valence-corrected chi connectivity index (χ0v) is 10.6. The van der Waals surface area contributed by atoms with Gasteiger partial charge in [0.2, 0.25) is 0 Å². The molecule has 16 heavy (non-hydrogen) atoms. The first-order chi connectivity index (χ1) is 7.34. The van der Waals surface area contributed by atoms with E-state index < -0.39 is 7.12 Å². The molecule has 2 nitrogen and oxygen atoms in total. The zero-order chi connectivity index (χ0) is 12.7. The Kier molecular flexibility index (Phi) is 7.10. The first kappa shape index (κ1) is 15.2. The molecule has 1 atom stereocenters. The van der Waals surface area contributed by atoms with Gasteiger partial charge in [0.1, 0.15) is 0 Å². The summed E-state index contributed by atoms with van der Waals surface area (Å²) in [6.45, 7) is 14.0. The van der Waals surface area contributed by atoms with Gasteiger partial charge >= 0.3 is 7.12 Å². The molecule has 0 radical (unpaired) electrons. The predicted molar refractivity (Wildman–Crippen MR) is 70.8 cm³/mol. The highest BCUT2D eigenvalue weighted by Gasteiger charge is 2.09. The molecule has 90 valence electrons. The average Bonchev–Trinajstić information content (AvgIpc) is 2.21. The van der Waals surface area contributed by atoms with E-state index in [0.717, 1.165) is 12.0 Å². The topological polar surface area (TPSA) is 40.5 Å². The molecule has 3 heteroatoms. The van der Waals surface area contributed by atoms with Gasteiger partial charge in [0.25, 0.3) is 0 Å². The van der Waals surface area contributed by atoms with Gasteiger partial charge in [-0.3, -0.25) is 0 Å². The second-order valence-electron chi connectivity index (χ2n) is 4.73. The second kappa shape index (κ2) is 7.47. The molecule has 0 bridgehead atoms. The van der Waals surface area contributed by atoms with Crippen LogP contribution in [0.25, 0.3) is 0 Å². The molecular weight excluding hydrogens is 199 g/mol. The first-order valence-electron chi connectivity index (χ1n) is 5.76. The van der Waals surface area contributed by atoms with Crippen molar-refractivity contribution in [2.45, 2.75) is 33.6 Å². The fourth-order valence-electron chi connectivity index (χ4n) is 1.23. The van der Waals surface area contributed by atoms with Crippen LogP contribution in [-0.2, 0) is 0 Å². The van der Waals surface area contributed by atoms with Gasteiger partial charge in [-0.25, -0.2) is 0 Å². The molecule has 0 aromatic carbocycles. The summed E-state index contributed by atoms with van der Waals surface area (Å²) < 4.78 is 0. The summed E-state index contributed by atoms with van der Waals surface area (Å²) in [4.78, 5) is 0. The first-order valence-corrected chi connectivity index (χ1v) is 5.76. The molecule has 0 aliphatic carbocycles. The second-order valence-corrected chi connectivity index (χ2v) is 4.73. The minimum absolute atomic E-state index is 0.289. The molecule has 0 heterocycles. The molecule has 0 amide bonds. The molecule has 2 N–H and O–H groups in total. The van der Waals surface area contributed by atoms with Gasteiger partial charge in [0.15, 0.2) is 0 Å². The highest BCUT2D eigenvalue weighted by molar-refractivity contribution is 6.51. The quantitative estimate of drug-likeness (QED) is 0.513. The third-order valence-electron chi connectivity index (χ3n) is 2.65. The minimum Gasteiger partial charge on any atom is -0.423 e. The Morgan fingerprint density at radius 2 is 1.69 bits per heavy atom. The normalized spacial score (nSPS) is 13.1. The van der Waals surface area contributed by atoms with Crippen molar-refractivity contribution >= 4 is 7.12 Å². The van der Waals surface area contributed by atoms with Crippen LogP contribution >= 0.6 is 0 Å². The molecule has 0 aromatic heterocycles. The monoisotopic (exact) mass is 222 g/mol. The average molecular weight is 222 g/mol. The van der Waals surface area contributed by atoms with Crippen LogP contribution < -0.4 is 0 Å². The number of hydrogen-bond donors (Lipinski definition) is 2. The van der Waals surface area contributed by atoms with Crippen LogP contribution in [0, 0.1) is 11.8 Å². The van der Waals surface area contributed by atoms with Crippen molar-refractivity contribution < 1.29 is 10.0 Å². The van der Waals surface area contributed by atoms with E-state index >= 15 is 0 Å². The van der Waals surface area contributed by atoms with Gasteiger partial charge in [-0.1, -0.05) is 58.1 Å². The Morgan fingerprint density at radius 3 is 2.12 bits per heavy atom. The molecule has 0 spiro atoms. The van der Waals surface area contributed by atoms with E-state index in [0.29, 0.717) is 11.8 Å². The van der Waals surface area contributed by atoms with Crippen molar-refractivity contribution in [2.24, 2.45) is 11.8 Å². The summed E-state index contributed by atoms with van der Waals surface area (Å²) in [5, 5.41) is 17.6. The lowest BCUT2D eigenvalue weighted by Crippen LogP contribution is -2.12. The third kappa shape index (κ3) is 6.65. The highest BCUT2D eigenvalue weighted by Crippen LogP contribution is 2.19. The molecule has 1 unspecified atom stereocenters. The van der Waals surface area contributed by atoms with E-state index in [1.807, 2.05) is 6.08 Å². The lowest BCUT2D eigenvalue weighted by molar-refractivity contribution is 0.421. The van der Waals surface area contributed by atoms with Gasteiger partial charge in [0.05, 0.1) is 0 Å². The summed E-state index contributed by atoms with van der Waals surface area (Å²) in [5.41, 5.74) is 1.29. The van der Waals surface area contributed by atoms with E-state index in [9.17, 15) is 0 Å². The van der Waals surface area contributed by atoms with E-state index in [2.05, 4.69) is 33.9 Å². The largest absolute Gasteiger partial charge is 0.487 e. The zero-order valence-electron chi connectivity index (χ0n) is 10.6. The maximum atomic E-state index is 8.82. The predicted octanol–water partition coefficient (Wildman–Crippen LogP) is 2.74. The lowest BCUT2D eigenvalue weighted by atomic mass is 9.80. The number of allylic oxidation sites excluding steroid dienone is 4. The minimum atomic E-state index is -1.48. The maximum absolute atomic E-state index is 8.82. The van der Waals surface area contributed by atoms with Crippen LogP contribution in [0.4, 0.5) is 0 Å². The lowest BCUT2D eigenvalue weighted by Gasteiger charge is -2.13. The smallest absolute Gasteiger partial charge is 0.423 e. The fraction of sp³-hybridized carbons (Fsp3) is 0.538. The third-order valence-corrected chi connectivity index (χ3v) is 2.65. The Hall–Kier alpha value is -0.795. The van der Waals surface area contributed by atoms with Crippen LogP contribution in [0.3, 0.4) is 0 Å². The summed E-state index contributed by atoms with van der Waals surface area (Å²) in [5.74, 6) is 1.12. The van der Waals surface area contributed by atoms with Gasteiger partial charge in [-0.05, 0) is 23.7 Å². The molecule has 0 rings (SSSR count). The molecule has 0 aliphatic rings. The number of rotatable bonds is 7. The molecule has 0 aromatic rings. The Morgan fingerprint density at radius 1 is 1.12 bits per heavy atom. The number of hydrogen-bond acceptors (Lipinski definition) is 2. The van der Waals surface area contributed by atoms with Crippen molar-refractivity contribution in [1.82, 2.24) is 0 Å². The molecule has 0 fully saturated rings. The van der Waals surface area contributed by atoms with E-state index in [1.54, 1.807) is 6.08 Å². The van der Waals surface area contributed by atoms with Gasteiger partial charge < -0.3 is 10.0 Å². The van der Waals surface area contributed by atoms with Gasteiger partial charge in [-0.15, -0.1) is 0 Å². The van der Waals surface area contributed by atoms with E-state index in [-0.39, 0.29) is 5.47 Å². The fourth-order valence-corrected chi connectivity index (χ4v) is 1.23. The SMILES string of the molecule is C=C(/C=C\C(=C)C(C)CCC(C)C)B(O)O. The van der Waals surface area contributed by atoms with Crippen molar-refractivity contribution in [2.75, 3.05) is 0 Å². The van der Waals surface area contributed by atoms with Crippen LogP contribution in [0.1, 0.15) is 33.6 Å². The Labute approximate surface area is 99.5 Å². The molecular formula is C13H23BO2. The highest BCUT2D eigenvalue weighted by atomic mass is 16.4. The standard InChI is InChI=1S/C13H23BO2/c1-10(2)6-7-11(3)12(4)8-9-13(5)14(15)16/h8-11,15-16H,4-7H2,1-3H3/b9-8-. The van der Waals surface area contributed by atoms with Crippen molar-refractivity contribution in [3.05, 3.63) is 36.4 Å². The molecule has 0 saturated heterocycles. The molecule has 0 aliphatic heterocycles. The van der Waals surface area contributed by atoms with Crippen LogP contribution in [-0.4, -0.2) is 17.2 Å². The van der Waals surface area contributed by atoms with E-state index in [1.165, 1.54) is 6.42 Å². The van der Waals surface area contributed by atoms with E-state index in [4.69, 9.17) is 10.0 Å². The van der Waals surface area contributed by atoms with Crippen LogP contribution in [0.15, 0.2) is 36.4 Å². The maximum Gasteiger partial charge on any atom is 0.487 e. The van der Waals surface area contributed by atoms with Crippen molar-refractivity contribution in [3.63, 3.8) is 0 Å². The Balaban J connectivity index is 4.10. The summed E-state index contributed by atoms with van der Waals surface area (Å²) in [7, 11) is -1.48. The summed E-state index contributed by atoms with van der Waals surface area (Å²) in [6.07, 6.45) is 5.71. The van der Waals surface area contributed by atoms with Crippen LogP contribution in [0.2, 0.25) is 0 Å².